The smallest absolute Gasteiger partial charge is 0.338 e. The van der Waals surface area contributed by atoms with Gasteiger partial charge in [0.2, 0.25) is 17.7 Å². The van der Waals surface area contributed by atoms with E-state index in [1.54, 1.807) is 38.7 Å². The summed E-state index contributed by atoms with van der Waals surface area (Å²) in [5.74, 6) is -7.40. The van der Waals surface area contributed by atoms with Crippen molar-refractivity contribution < 1.29 is 86.2 Å². The van der Waals surface area contributed by atoms with Crippen LogP contribution in [-0.2, 0) is 78.6 Å². The van der Waals surface area contributed by atoms with E-state index in [-0.39, 0.29) is 151 Å². The summed E-state index contributed by atoms with van der Waals surface area (Å²) in [5.41, 5.74) is 6.23. The Morgan fingerprint density at radius 1 is 0.364 bits per heavy atom. The van der Waals surface area contributed by atoms with Crippen LogP contribution in [-0.4, -0.2) is 206 Å². The maximum absolute atomic E-state index is 13.9. The van der Waals surface area contributed by atoms with E-state index in [9.17, 15) is 86.2 Å². The Morgan fingerprint density at radius 2 is 0.678 bits per heavy atom. The largest absolute Gasteiger partial charge is 0.419 e. The monoisotopic (exact) mass is 1730 g/mol. The fourth-order valence-corrected chi connectivity index (χ4v) is 18.5. The van der Waals surface area contributed by atoms with Gasteiger partial charge in [0.05, 0.1) is 51.3 Å². The summed E-state index contributed by atoms with van der Waals surface area (Å²) in [6, 6.07) is 11.8. The van der Waals surface area contributed by atoms with E-state index in [4.69, 9.17) is 23.2 Å². The lowest BCUT2D eigenvalue weighted by Gasteiger charge is -2.33. The van der Waals surface area contributed by atoms with Gasteiger partial charge in [-0.1, -0.05) is 47.5 Å². The van der Waals surface area contributed by atoms with Crippen LogP contribution in [0, 0.1) is 40.8 Å². The maximum atomic E-state index is 13.9. The maximum Gasteiger partial charge on any atom is 0.419 e. The van der Waals surface area contributed by atoms with Gasteiger partial charge in [-0.05, 0) is 160 Å². The molecule has 1 saturated carbocycles. The molecule has 8 aromatic rings. The average Bonchev–Trinajstić information content (AvgIpc) is 1.78. The molecule has 0 bridgehead atoms. The number of carbonyl (C=O) groups is 7. The van der Waals surface area contributed by atoms with Crippen molar-refractivity contribution in [1.29, 1.82) is 0 Å². The molecule has 37 heteroatoms. The van der Waals surface area contributed by atoms with E-state index in [1.807, 2.05) is 17.0 Å². The number of alkyl halides is 6. The Kier molecular flexibility index (Phi) is 26.2. The molecule has 121 heavy (non-hydrogen) atoms. The van der Waals surface area contributed by atoms with E-state index in [2.05, 4.69) is 45.7 Å². The lowest BCUT2D eigenvalue weighted by Crippen LogP contribution is -2.40. The van der Waals surface area contributed by atoms with E-state index >= 15 is 0 Å². The molecule has 0 spiro atoms. The zero-order valence-electron chi connectivity index (χ0n) is 66.6. The molecule has 12 heterocycles. The number of fused-ring (bicyclic) bond motifs is 4. The highest BCUT2D eigenvalue weighted by atomic mass is 35.5. The minimum Gasteiger partial charge on any atom is -0.338 e. The summed E-state index contributed by atoms with van der Waals surface area (Å²) < 4.78 is 163. The van der Waals surface area contributed by atoms with Gasteiger partial charge in [0.25, 0.3) is 23.6 Å². The van der Waals surface area contributed by atoms with Gasteiger partial charge in [0, 0.05) is 165 Å². The van der Waals surface area contributed by atoms with Gasteiger partial charge in [-0.2, -0.15) is 46.7 Å². The summed E-state index contributed by atoms with van der Waals surface area (Å²) in [7, 11) is 0. The van der Waals surface area contributed by atoms with Crippen LogP contribution < -0.4 is 0 Å². The number of likely N-dealkylation sites (tertiary alicyclic amines) is 4. The SMILES string of the molecule is CC(=O)N1CCc2[nH]nc(C(=O)N3CCC(c4cc(F)cc(F)c4C(F)(F)F)CC3)c2C1.CC(=O)N1CCc2c(C(=O)N3CCC(c4cc(F)cc(F)c4C(F)(F)F)CC3)n[nH]c2C1.CC(=O)N1CCc2c(C(=O)N3CCC(c4cccc(F)c4Cl)CC3)n[nH]c2C1.O=C(c1n[nH]c2c1CCN(CC1CC1)C2)N1CCC(c2cccc(F)c2Cl)CC1. The predicted molar refractivity (Wildman–Crippen MR) is 417 cm³/mol. The number of nitrogens with zero attached hydrogens (tertiary/aromatic N) is 12. The van der Waals surface area contributed by atoms with Crippen molar-refractivity contribution in [3.05, 3.63) is 207 Å². The van der Waals surface area contributed by atoms with Gasteiger partial charge in [-0.25, -0.2) is 26.3 Å². The summed E-state index contributed by atoms with van der Waals surface area (Å²) in [6.07, 6.45) is -1.07. The zero-order valence-corrected chi connectivity index (χ0v) is 68.1. The van der Waals surface area contributed by atoms with Crippen molar-refractivity contribution in [2.45, 2.75) is 173 Å². The van der Waals surface area contributed by atoms with Crippen molar-refractivity contribution in [1.82, 2.24) is 80.0 Å². The number of hydrogen-bond donors (Lipinski definition) is 4. The van der Waals surface area contributed by atoms with Crippen molar-refractivity contribution in [3.8, 4) is 0 Å². The van der Waals surface area contributed by atoms with E-state index in [1.165, 1.54) is 48.6 Å². The third-order valence-electron chi connectivity index (χ3n) is 24.8. The third kappa shape index (κ3) is 19.3. The van der Waals surface area contributed by atoms with Crippen LogP contribution in [0.5, 0.6) is 0 Å². The minimum absolute atomic E-state index is 0.0157. The standard InChI is InChI=1S/C22H26ClFN4O.2C21H21F5N4O2.C20H22ClFN4O2/c23-20-16(2-1-3-18(20)24)15-6-10-28(11-7-15)22(29)21-17-8-9-27(12-14-4-5-14)13-19(17)25-26-21;1-11(31)30-7-4-17-15(10-30)19(28-27-17)20(32)29-5-2-12(3-6-29)14-8-13(22)9-16(23)18(14)21(24,25)26;1-11(31)30-7-4-14-17(10-30)27-28-19(14)20(32)29-5-2-12(3-6-29)15-8-13(22)9-16(23)18(15)21(24,25)26;1-12(27)26-10-7-15-17(11-26)23-24-19(15)20(28)25-8-5-13(6-9-25)14-3-2-4-16(22)18(14)21/h1-3,14-15H,4-13H2,(H,25,26);2*8-9,12H,2-7,10H2,1H3,(H,27,28);2-4,13H,5-11H2,1H3,(H,23,24). The molecular weight excluding hydrogens is 1640 g/mol. The van der Waals surface area contributed by atoms with Crippen LogP contribution in [0.15, 0.2) is 60.7 Å². The second-order valence-electron chi connectivity index (χ2n) is 32.4. The molecule has 4 saturated heterocycles. The van der Waals surface area contributed by atoms with Gasteiger partial charge in [0.1, 0.15) is 34.9 Å². The van der Waals surface area contributed by atoms with Crippen LogP contribution in [0.1, 0.15) is 229 Å². The number of piperidine rings is 4. The number of nitrogens with one attached hydrogen (secondary N) is 4. The first-order valence-electron chi connectivity index (χ1n) is 40.6. The highest BCUT2D eigenvalue weighted by Gasteiger charge is 2.44. The minimum atomic E-state index is -4.95. The van der Waals surface area contributed by atoms with Gasteiger partial charge in [-0.15, -0.1) is 0 Å². The van der Waals surface area contributed by atoms with Gasteiger partial charge < -0.3 is 34.3 Å². The Balaban J connectivity index is 0.000000132. The highest BCUT2D eigenvalue weighted by molar-refractivity contribution is 6.32. The molecule has 646 valence electrons. The zero-order chi connectivity index (χ0) is 86.2. The lowest BCUT2D eigenvalue weighted by molar-refractivity contribution is -0.141. The Labute approximate surface area is 698 Å². The number of rotatable bonds is 10. The average molecular weight is 1730 g/mol. The Hall–Kier alpha value is -10.3. The Bertz CT molecular complexity index is 5230. The first-order valence-corrected chi connectivity index (χ1v) is 41.3. The number of amides is 7. The van der Waals surface area contributed by atoms with Gasteiger partial charge in [-0.3, -0.25) is 58.9 Å². The fourth-order valence-electron chi connectivity index (χ4n) is 17.9. The third-order valence-corrected chi connectivity index (χ3v) is 25.6. The highest BCUT2D eigenvalue weighted by Crippen LogP contribution is 2.45. The predicted octanol–water partition coefficient (Wildman–Crippen LogP) is 14.4. The number of aromatic amines is 4. The van der Waals surface area contributed by atoms with Gasteiger partial charge in [0.15, 0.2) is 22.8 Å². The van der Waals surface area contributed by atoms with Crippen molar-refractivity contribution in [2.75, 3.05) is 85.1 Å². The first kappa shape index (κ1) is 87.1. The molecule has 7 amide bonds. The molecular formula is C84H90Cl2F12N16O7. The quantitative estimate of drug-likeness (QED) is 0.0932. The van der Waals surface area contributed by atoms with Crippen molar-refractivity contribution >= 4 is 64.6 Å². The number of hydrogen-bond acceptors (Lipinski definition) is 12. The molecule has 4 aromatic carbocycles. The first-order chi connectivity index (χ1) is 57.7. The summed E-state index contributed by atoms with van der Waals surface area (Å²) in [5, 5.41) is 28.9. The number of halogens is 14. The Morgan fingerprint density at radius 3 is 1.02 bits per heavy atom. The molecule has 0 unspecified atom stereocenters. The van der Waals surface area contributed by atoms with Crippen LogP contribution in [0.2, 0.25) is 10.0 Å². The summed E-state index contributed by atoms with van der Waals surface area (Å²) >= 11 is 12.3. The van der Waals surface area contributed by atoms with Crippen LogP contribution in [0.4, 0.5) is 52.7 Å². The topological polar surface area (TPSA) is 260 Å². The van der Waals surface area contributed by atoms with E-state index in [0.717, 1.165) is 115 Å². The van der Waals surface area contributed by atoms with Crippen LogP contribution in [0.3, 0.4) is 0 Å². The summed E-state index contributed by atoms with van der Waals surface area (Å²) in [4.78, 5) is 101. The molecule has 4 N–H and O–H groups in total. The molecule has 4 aromatic heterocycles. The molecule has 5 fully saturated rings. The molecule has 0 radical (unpaired) electrons. The molecule has 23 nitrogen and oxygen atoms in total. The van der Waals surface area contributed by atoms with E-state index in [0.29, 0.717) is 101 Å². The molecule has 8 aliphatic heterocycles. The molecule has 1 aliphatic carbocycles. The number of H-pyrrole nitrogens is 4. The normalized spacial score (nSPS) is 18.2. The van der Waals surface area contributed by atoms with Gasteiger partial charge >= 0.3 is 12.4 Å². The fraction of sp³-hybridized carbons (Fsp3) is 0.488. The number of aromatic nitrogens is 8. The van der Waals surface area contributed by atoms with Crippen LogP contribution >= 0.6 is 23.2 Å². The van der Waals surface area contributed by atoms with E-state index < -0.39 is 75.5 Å². The molecule has 17 rings (SSSR count). The number of carbonyl (C=O) groups excluding carboxylic acids is 7. The van der Waals surface area contributed by atoms with Crippen molar-refractivity contribution in [2.24, 2.45) is 5.92 Å². The van der Waals surface area contributed by atoms with Crippen molar-refractivity contribution in [3.63, 3.8) is 0 Å². The lowest BCUT2D eigenvalue weighted by atomic mass is 9.85. The van der Waals surface area contributed by atoms with Crippen LogP contribution in [0.25, 0.3) is 0 Å². The molecule has 0 atom stereocenters. The molecule has 9 aliphatic rings. The second kappa shape index (κ2) is 36.4. The summed E-state index contributed by atoms with van der Waals surface area (Å²) in [6.45, 7) is 13.1. The number of benzene rings is 4. The second-order valence-corrected chi connectivity index (χ2v) is 33.1.